The molecule has 0 aliphatic carbocycles. The van der Waals surface area contributed by atoms with Gasteiger partial charge in [-0.15, -0.1) is 11.3 Å². The number of H-pyrrole nitrogens is 1. The third kappa shape index (κ3) is 4.90. The summed E-state index contributed by atoms with van der Waals surface area (Å²) in [5.74, 6) is 0.137. The molecule has 0 saturated heterocycles. The van der Waals surface area contributed by atoms with Crippen molar-refractivity contribution in [3.05, 3.63) is 99.5 Å². The Labute approximate surface area is 205 Å². The molecule has 0 unspecified atom stereocenters. The molecule has 4 aromatic rings. The lowest BCUT2D eigenvalue weighted by Crippen LogP contribution is -2.10. The fourth-order valence-corrected chi connectivity index (χ4v) is 4.61. The van der Waals surface area contributed by atoms with Crippen molar-refractivity contribution in [3.63, 3.8) is 0 Å². The van der Waals surface area contributed by atoms with Crippen molar-refractivity contribution in [1.82, 2.24) is 10.2 Å². The Balaban J connectivity index is 1.31. The third-order valence-corrected chi connectivity index (χ3v) is 6.69. The first-order valence-corrected chi connectivity index (χ1v) is 11.7. The largest absolute Gasteiger partial charge is 0.344 e. The van der Waals surface area contributed by atoms with Crippen molar-refractivity contribution in [2.75, 3.05) is 16.0 Å². The zero-order valence-electron chi connectivity index (χ0n) is 18.7. The maximum absolute atomic E-state index is 12.6. The van der Waals surface area contributed by atoms with Crippen LogP contribution in [0.5, 0.6) is 0 Å². The summed E-state index contributed by atoms with van der Waals surface area (Å²) < 4.78 is 0. The van der Waals surface area contributed by atoms with E-state index in [0.29, 0.717) is 33.3 Å². The van der Waals surface area contributed by atoms with Crippen LogP contribution < -0.4 is 16.0 Å². The van der Waals surface area contributed by atoms with Crippen molar-refractivity contribution in [3.8, 4) is 0 Å². The summed E-state index contributed by atoms with van der Waals surface area (Å²) in [7, 11) is 0. The summed E-state index contributed by atoms with van der Waals surface area (Å²) in [4.78, 5) is 37.6. The lowest BCUT2D eigenvalue weighted by molar-refractivity contribution is -0.110. The molecule has 0 bridgehead atoms. The van der Waals surface area contributed by atoms with Crippen LogP contribution in [0.1, 0.15) is 43.0 Å². The SMILES string of the molecule is CC(=O)c1ccc(C(=O)Nc2cccc(Cc3ccc4c(c3)/C(=C/Nc3cc[nH]n3)C(=O)N4)c2)s1. The Morgan fingerprint density at radius 2 is 1.86 bits per heavy atom. The zero-order chi connectivity index (χ0) is 24.4. The van der Waals surface area contributed by atoms with Crippen LogP contribution in [0.2, 0.25) is 0 Å². The molecule has 9 heteroatoms. The topological polar surface area (TPSA) is 116 Å². The van der Waals surface area contributed by atoms with E-state index in [2.05, 4.69) is 26.1 Å². The number of hydrogen-bond donors (Lipinski definition) is 4. The fourth-order valence-electron chi connectivity index (χ4n) is 3.81. The Hall–Kier alpha value is -4.50. The van der Waals surface area contributed by atoms with Crippen molar-refractivity contribution in [1.29, 1.82) is 0 Å². The minimum Gasteiger partial charge on any atom is -0.344 e. The summed E-state index contributed by atoms with van der Waals surface area (Å²) in [6.07, 6.45) is 3.97. The number of anilines is 3. The summed E-state index contributed by atoms with van der Waals surface area (Å²) in [5.41, 5.74) is 4.82. The zero-order valence-corrected chi connectivity index (χ0v) is 19.5. The number of nitrogens with one attached hydrogen (secondary N) is 4. The van der Waals surface area contributed by atoms with Crippen molar-refractivity contribution in [2.45, 2.75) is 13.3 Å². The number of nitrogens with zero attached hydrogens (tertiary/aromatic N) is 1. The van der Waals surface area contributed by atoms with E-state index in [1.54, 1.807) is 30.6 Å². The highest BCUT2D eigenvalue weighted by Gasteiger charge is 2.24. The number of fused-ring (bicyclic) bond motifs is 1. The molecule has 0 spiro atoms. The summed E-state index contributed by atoms with van der Waals surface area (Å²) >= 11 is 1.18. The lowest BCUT2D eigenvalue weighted by atomic mass is 9.99. The van der Waals surface area contributed by atoms with Gasteiger partial charge in [0.2, 0.25) is 0 Å². The van der Waals surface area contributed by atoms with Crippen LogP contribution >= 0.6 is 11.3 Å². The monoisotopic (exact) mass is 483 g/mol. The number of aromatic nitrogens is 2. The molecule has 0 saturated carbocycles. The minimum absolute atomic E-state index is 0.0581. The first kappa shape index (κ1) is 22.3. The van der Waals surface area contributed by atoms with Crippen molar-refractivity contribution in [2.24, 2.45) is 0 Å². The van der Waals surface area contributed by atoms with E-state index < -0.39 is 0 Å². The molecular formula is C26H21N5O3S. The van der Waals surface area contributed by atoms with Crippen LogP contribution in [-0.4, -0.2) is 27.8 Å². The Bertz CT molecular complexity index is 1470. The molecule has 3 heterocycles. The quantitative estimate of drug-likeness (QED) is 0.220. The van der Waals surface area contributed by atoms with Gasteiger partial charge in [0.25, 0.3) is 11.8 Å². The van der Waals surface area contributed by atoms with E-state index in [4.69, 9.17) is 0 Å². The van der Waals surface area contributed by atoms with E-state index in [-0.39, 0.29) is 17.6 Å². The molecular weight excluding hydrogens is 462 g/mol. The second-order valence-electron chi connectivity index (χ2n) is 8.05. The number of benzene rings is 2. The van der Waals surface area contributed by atoms with Crippen LogP contribution in [0.15, 0.2) is 73.1 Å². The molecule has 4 N–H and O–H groups in total. The molecule has 5 rings (SSSR count). The minimum atomic E-state index is -0.249. The number of hydrogen-bond acceptors (Lipinski definition) is 6. The number of carbonyl (C=O) groups excluding carboxylic acids is 3. The second kappa shape index (κ2) is 9.40. The highest BCUT2D eigenvalue weighted by molar-refractivity contribution is 7.16. The van der Waals surface area contributed by atoms with E-state index >= 15 is 0 Å². The second-order valence-corrected chi connectivity index (χ2v) is 9.13. The molecule has 2 aromatic heterocycles. The van der Waals surface area contributed by atoms with Crippen molar-refractivity contribution >= 4 is 51.7 Å². The van der Waals surface area contributed by atoms with Gasteiger partial charge in [0.1, 0.15) is 0 Å². The van der Waals surface area contributed by atoms with E-state index in [1.165, 1.54) is 18.3 Å². The van der Waals surface area contributed by atoms with Gasteiger partial charge in [0.15, 0.2) is 11.6 Å². The van der Waals surface area contributed by atoms with Gasteiger partial charge in [-0.2, -0.15) is 5.10 Å². The molecule has 1 aliphatic rings. The predicted molar refractivity (Wildman–Crippen MR) is 137 cm³/mol. The highest BCUT2D eigenvalue weighted by atomic mass is 32.1. The van der Waals surface area contributed by atoms with Crippen LogP contribution in [0.4, 0.5) is 17.2 Å². The van der Waals surface area contributed by atoms with Crippen LogP contribution in [0.3, 0.4) is 0 Å². The molecule has 0 atom stereocenters. The van der Waals surface area contributed by atoms with Gasteiger partial charge in [0, 0.05) is 35.4 Å². The smallest absolute Gasteiger partial charge is 0.265 e. The number of ketones is 1. The van der Waals surface area contributed by atoms with E-state index in [1.807, 2.05) is 42.5 Å². The lowest BCUT2D eigenvalue weighted by Gasteiger charge is -2.08. The maximum atomic E-state index is 12.6. The van der Waals surface area contributed by atoms with Crippen molar-refractivity contribution < 1.29 is 14.4 Å². The number of Topliss-reactive ketones (excluding diaryl/α,β-unsaturated/α-hetero) is 1. The molecule has 35 heavy (non-hydrogen) atoms. The molecule has 2 amide bonds. The molecule has 0 radical (unpaired) electrons. The highest BCUT2D eigenvalue weighted by Crippen LogP contribution is 2.33. The standard InChI is InChI=1S/C26H21N5O3S/c1-15(32)22-7-8-23(35-22)26(34)29-18-4-2-3-16(12-18)11-17-5-6-21-19(13-17)20(25(33)30-21)14-27-24-9-10-28-31-24/h2-10,12-14H,11H2,1H3,(H,29,34)(H,30,33)(H2,27,28,31)/b20-14-. The Morgan fingerprint density at radius 1 is 1.03 bits per heavy atom. The van der Waals surface area contributed by atoms with Gasteiger partial charge in [-0.25, -0.2) is 0 Å². The van der Waals surface area contributed by atoms with Gasteiger partial charge < -0.3 is 16.0 Å². The molecule has 8 nitrogen and oxygen atoms in total. The summed E-state index contributed by atoms with van der Waals surface area (Å²) in [6.45, 7) is 1.48. The maximum Gasteiger partial charge on any atom is 0.265 e. The first-order chi connectivity index (χ1) is 17.0. The van der Waals surface area contributed by atoms with Crippen LogP contribution in [-0.2, 0) is 11.2 Å². The predicted octanol–water partition coefficient (Wildman–Crippen LogP) is 4.92. The third-order valence-electron chi connectivity index (χ3n) is 5.50. The Morgan fingerprint density at radius 3 is 2.63 bits per heavy atom. The fraction of sp³-hybridized carbons (Fsp3) is 0.0769. The summed E-state index contributed by atoms with van der Waals surface area (Å²) in [5, 5.41) is 15.6. The van der Waals surface area contributed by atoms with Gasteiger partial charge in [-0.05, 0) is 60.9 Å². The van der Waals surface area contributed by atoms with Crippen LogP contribution in [0, 0.1) is 0 Å². The molecule has 174 valence electrons. The molecule has 1 aliphatic heterocycles. The number of carbonyl (C=O) groups is 3. The average molecular weight is 484 g/mol. The molecule has 0 fully saturated rings. The molecule has 2 aromatic carbocycles. The normalized spacial score (nSPS) is 13.4. The van der Waals surface area contributed by atoms with Gasteiger partial charge in [-0.3, -0.25) is 19.5 Å². The van der Waals surface area contributed by atoms with Crippen LogP contribution in [0.25, 0.3) is 5.57 Å². The summed E-state index contributed by atoms with van der Waals surface area (Å²) in [6, 6.07) is 18.6. The number of rotatable bonds is 7. The van der Waals surface area contributed by atoms with E-state index in [9.17, 15) is 14.4 Å². The van der Waals surface area contributed by atoms with Gasteiger partial charge >= 0.3 is 0 Å². The Kier molecular flexibility index (Phi) is 5.99. The van der Waals surface area contributed by atoms with Gasteiger partial charge in [-0.1, -0.05) is 18.2 Å². The average Bonchev–Trinajstić information content (AvgIpc) is 3.58. The number of aromatic amines is 1. The first-order valence-electron chi connectivity index (χ1n) is 10.9. The van der Waals surface area contributed by atoms with Gasteiger partial charge in [0.05, 0.1) is 15.3 Å². The number of thiophene rings is 1. The number of amides is 2. The van der Waals surface area contributed by atoms with E-state index in [0.717, 1.165) is 22.4 Å².